The number of aromatic nitrogens is 2. The quantitative estimate of drug-likeness (QED) is 0.897. The second kappa shape index (κ2) is 5.03. The van der Waals surface area contributed by atoms with E-state index in [4.69, 9.17) is 5.11 Å². The van der Waals surface area contributed by atoms with Crippen LogP contribution in [0, 0.1) is 6.92 Å². The Morgan fingerprint density at radius 1 is 1.47 bits per heavy atom. The number of likely N-dealkylation sites (tertiary alicyclic amines) is 1. The summed E-state index contributed by atoms with van der Waals surface area (Å²) in [5.74, 6) is -1.16. The fraction of sp³-hybridized carbons (Fsp3) is 0.615. The van der Waals surface area contributed by atoms with Crippen LogP contribution < -0.4 is 0 Å². The number of amides is 1. The lowest BCUT2D eigenvalue weighted by Gasteiger charge is -2.21. The Morgan fingerprint density at radius 3 is 2.68 bits per heavy atom. The number of aliphatic carboxylic acids is 1. The molecule has 1 aliphatic heterocycles. The van der Waals surface area contributed by atoms with Gasteiger partial charge in [0.1, 0.15) is 6.04 Å². The van der Waals surface area contributed by atoms with Crippen molar-refractivity contribution < 1.29 is 14.7 Å². The van der Waals surface area contributed by atoms with Crippen LogP contribution in [0.4, 0.5) is 0 Å². The van der Waals surface area contributed by atoms with Crippen LogP contribution in [-0.2, 0) is 4.79 Å². The molecule has 2 rings (SSSR count). The molecule has 6 heteroatoms. The smallest absolute Gasteiger partial charge is 0.326 e. The fourth-order valence-corrected chi connectivity index (χ4v) is 2.58. The number of carboxylic acids is 1. The van der Waals surface area contributed by atoms with E-state index in [1.807, 2.05) is 20.8 Å². The van der Waals surface area contributed by atoms with Gasteiger partial charge in [0.25, 0.3) is 5.91 Å². The molecule has 1 aromatic rings. The molecule has 1 aliphatic rings. The predicted molar refractivity (Wildman–Crippen MR) is 69.0 cm³/mol. The van der Waals surface area contributed by atoms with Crippen LogP contribution in [0.1, 0.15) is 48.8 Å². The number of carbonyl (C=O) groups excluding carboxylic acids is 1. The number of hydrogen-bond donors (Lipinski definition) is 1. The first-order valence-electron chi connectivity index (χ1n) is 6.51. The van der Waals surface area contributed by atoms with E-state index in [2.05, 4.69) is 5.10 Å². The molecular formula is C13H19N3O3. The average molecular weight is 265 g/mol. The van der Waals surface area contributed by atoms with Gasteiger partial charge in [0.2, 0.25) is 0 Å². The third kappa shape index (κ3) is 2.34. The van der Waals surface area contributed by atoms with E-state index >= 15 is 0 Å². The molecule has 0 bridgehead atoms. The second-order valence-electron chi connectivity index (χ2n) is 5.18. The Morgan fingerprint density at radius 2 is 2.16 bits per heavy atom. The lowest BCUT2D eigenvalue weighted by atomic mass is 10.2. The molecule has 1 N–H and O–H groups in total. The summed E-state index contributed by atoms with van der Waals surface area (Å²) in [7, 11) is 0. The van der Waals surface area contributed by atoms with Gasteiger partial charge in [0, 0.05) is 18.3 Å². The first kappa shape index (κ1) is 13.6. The number of rotatable bonds is 3. The average Bonchev–Trinajstić information content (AvgIpc) is 2.93. The molecule has 0 radical (unpaired) electrons. The summed E-state index contributed by atoms with van der Waals surface area (Å²) in [5.41, 5.74) is 1.29. The van der Waals surface area contributed by atoms with Gasteiger partial charge in [-0.1, -0.05) is 0 Å². The Kier molecular flexibility index (Phi) is 3.59. The molecule has 0 spiro atoms. The molecule has 0 aromatic carbocycles. The summed E-state index contributed by atoms with van der Waals surface area (Å²) in [6, 6.07) is -0.523. The van der Waals surface area contributed by atoms with Gasteiger partial charge in [-0.2, -0.15) is 5.10 Å². The molecule has 1 atom stereocenters. The summed E-state index contributed by atoms with van der Waals surface area (Å²) in [4.78, 5) is 25.0. The summed E-state index contributed by atoms with van der Waals surface area (Å²) < 4.78 is 1.78. The maximum atomic E-state index is 12.4. The van der Waals surface area contributed by atoms with Gasteiger partial charge in [0.05, 0.1) is 11.8 Å². The van der Waals surface area contributed by atoms with Gasteiger partial charge in [0.15, 0.2) is 0 Å². The van der Waals surface area contributed by atoms with Crippen molar-refractivity contribution in [3.8, 4) is 0 Å². The summed E-state index contributed by atoms with van der Waals surface area (Å²) in [6.07, 6.45) is 2.80. The highest BCUT2D eigenvalue weighted by atomic mass is 16.4. The third-order valence-electron chi connectivity index (χ3n) is 3.56. The standard InChI is InChI=1S/C13H19N3O3/c1-8(2)16-9(3)10(7-14-16)12(17)15-6-4-5-11(15)13(18)19/h7-8,11H,4-6H2,1-3H3,(H,18,19)/t11-/m0/s1. The lowest BCUT2D eigenvalue weighted by Crippen LogP contribution is -2.40. The largest absolute Gasteiger partial charge is 0.480 e. The Balaban J connectivity index is 2.27. The van der Waals surface area contributed by atoms with Crippen molar-refractivity contribution in [2.45, 2.75) is 45.7 Å². The molecule has 2 heterocycles. The number of hydrogen-bond acceptors (Lipinski definition) is 3. The third-order valence-corrected chi connectivity index (χ3v) is 3.56. The Labute approximate surface area is 112 Å². The van der Waals surface area contributed by atoms with Gasteiger partial charge in [-0.3, -0.25) is 9.48 Å². The summed E-state index contributed by atoms with van der Waals surface area (Å²) in [5, 5.41) is 13.3. The first-order valence-corrected chi connectivity index (χ1v) is 6.51. The Bertz CT molecular complexity index is 507. The molecule has 1 saturated heterocycles. The van der Waals surface area contributed by atoms with Crippen molar-refractivity contribution in [2.75, 3.05) is 6.54 Å². The van der Waals surface area contributed by atoms with Crippen LogP contribution >= 0.6 is 0 Å². The van der Waals surface area contributed by atoms with Crippen molar-refractivity contribution in [2.24, 2.45) is 0 Å². The highest BCUT2D eigenvalue weighted by molar-refractivity contribution is 5.97. The maximum absolute atomic E-state index is 12.4. The highest BCUT2D eigenvalue weighted by Crippen LogP contribution is 2.22. The molecule has 0 unspecified atom stereocenters. The van der Waals surface area contributed by atoms with E-state index in [1.165, 1.54) is 11.1 Å². The van der Waals surface area contributed by atoms with Crippen LogP contribution in [-0.4, -0.2) is 44.3 Å². The fourth-order valence-electron chi connectivity index (χ4n) is 2.58. The van der Waals surface area contributed by atoms with E-state index in [9.17, 15) is 9.59 Å². The van der Waals surface area contributed by atoms with Crippen molar-refractivity contribution in [1.82, 2.24) is 14.7 Å². The number of carbonyl (C=O) groups is 2. The van der Waals surface area contributed by atoms with E-state index in [0.29, 0.717) is 18.5 Å². The maximum Gasteiger partial charge on any atom is 0.326 e. The highest BCUT2D eigenvalue weighted by Gasteiger charge is 2.35. The normalized spacial score (nSPS) is 19.2. The number of carboxylic acid groups (broad SMARTS) is 1. The van der Waals surface area contributed by atoms with Crippen LogP contribution in [0.25, 0.3) is 0 Å². The molecule has 1 fully saturated rings. The van der Waals surface area contributed by atoms with Crippen LogP contribution in [0.15, 0.2) is 6.20 Å². The molecule has 1 amide bonds. The van der Waals surface area contributed by atoms with E-state index in [0.717, 1.165) is 12.1 Å². The Hall–Kier alpha value is -1.85. The predicted octanol–water partition coefficient (Wildman–Crippen LogP) is 1.46. The zero-order chi connectivity index (χ0) is 14.2. The number of nitrogens with zero attached hydrogens (tertiary/aromatic N) is 3. The minimum absolute atomic E-state index is 0.176. The molecule has 0 aliphatic carbocycles. The zero-order valence-electron chi connectivity index (χ0n) is 11.5. The molecule has 0 saturated carbocycles. The van der Waals surface area contributed by atoms with E-state index < -0.39 is 12.0 Å². The van der Waals surface area contributed by atoms with Crippen molar-refractivity contribution in [3.63, 3.8) is 0 Å². The minimum atomic E-state index is -0.931. The molecule has 19 heavy (non-hydrogen) atoms. The summed E-state index contributed by atoms with van der Waals surface area (Å²) in [6.45, 7) is 6.32. The van der Waals surface area contributed by atoms with Gasteiger partial charge in [-0.25, -0.2) is 4.79 Å². The second-order valence-corrected chi connectivity index (χ2v) is 5.18. The van der Waals surface area contributed by atoms with Crippen molar-refractivity contribution in [1.29, 1.82) is 0 Å². The van der Waals surface area contributed by atoms with Crippen LogP contribution in [0.5, 0.6) is 0 Å². The van der Waals surface area contributed by atoms with Gasteiger partial charge >= 0.3 is 5.97 Å². The van der Waals surface area contributed by atoms with E-state index in [1.54, 1.807) is 4.68 Å². The van der Waals surface area contributed by atoms with Crippen LogP contribution in [0.2, 0.25) is 0 Å². The molecule has 6 nitrogen and oxygen atoms in total. The van der Waals surface area contributed by atoms with Gasteiger partial charge in [-0.05, 0) is 33.6 Å². The molecule has 104 valence electrons. The SMILES string of the molecule is Cc1c(C(=O)N2CCC[C@H]2C(=O)O)cnn1C(C)C. The monoisotopic (exact) mass is 265 g/mol. The first-order chi connectivity index (χ1) is 8.93. The summed E-state index contributed by atoms with van der Waals surface area (Å²) >= 11 is 0. The molecular weight excluding hydrogens is 246 g/mol. The van der Waals surface area contributed by atoms with Crippen LogP contribution in [0.3, 0.4) is 0 Å². The van der Waals surface area contributed by atoms with Crippen molar-refractivity contribution in [3.05, 3.63) is 17.5 Å². The van der Waals surface area contributed by atoms with E-state index in [-0.39, 0.29) is 11.9 Å². The minimum Gasteiger partial charge on any atom is -0.480 e. The van der Waals surface area contributed by atoms with Gasteiger partial charge in [-0.15, -0.1) is 0 Å². The molecule has 1 aromatic heterocycles. The van der Waals surface area contributed by atoms with Crippen molar-refractivity contribution >= 4 is 11.9 Å². The zero-order valence-corrected chi connectivity index (χ0v) is 11.5. The topological polar surface area (TPSA) is 75.4 Å². The lowest BCUT2D eigenvalue weighted by molar-refractivity contribution is -0.141. The van der Waals surface area contributed by atoms with Gasteiger partial charge < -0.3 is 10.0 Å².